The van der Waals surface area contributed by atoms with E-state index in [9.17, 15) is 4.79 Å². The molecule has 0 amide bonds. The Hall–Kier alpha value is -2.47. The van der Waals surface area contributed by atoms with E-state index in [1.54, 1.807) is 36.4 Å². The van der Waals surface area contributed by atoms with Gasteiger partial charge in [0.25, 0.3) is 0 Å². The van der Waals surface area contributed by atoms with Crippen molar-refractivity contribution in [3.8, 4) is 5.69 Å². The first-order valence-electron chi connectivity index (χ1n) is 5.96. The summed E-state index contributed by atoms with van der Waals surface area (Å²) in [7, 11) is 0. The molecule has 0 radical (unpaired) electrons. The summed E-state index contributed by atoms with van der Waals surface area (Å²) in [5, 5.41) is 0. The molecule has 0 fully saturated rings. The Balaban J connectivity index is 1.66. The largest absolute Gasteiger partial charge is 0.456 e. The molecule has 0 aliphatic rings. The molecule has 5 nitrogen and oxygen atoms in total. The Labute approximate surface area is 119 Å². The van der Waals surface area contributed by atoms with E-state index in [-0.39, 0.29) is 12.6 Å². The van der Waals surface area contributed by atoms with Gasteiger partial charge in [-0.2, -0.15) is 0 Å². The molecule has 0 N–H and O–H groups in total. The number of ether oxygens (including phenoxy) is 1. The standard InChI is InChI=1S/C14H11N3O2S/c18-14(19-8-13-7-16-10-20-13)11-1-3-12(4-2-11)17-6-5-15-9-17/h1-7,9-10H,8H2. The number of carbonyl (C=O) groups excluding carboxylic acids is 1. The number of nitrogens with zero attached hydrogens (tertiary/aromatic N) is 3. The van der Waals surface area contributed by atoms with Crippen molar-refractivity contribution in [1.82, 2.24) is 14.5 Å². The van der Waals surface area contributed by atoms with Crippen molar-refractivity contribution in [2.24, 2.45) is 0 Å². The highest BCUT2D eigenvalue weighted by molar-refractivity contribution is 7.09. The first-order valence-corrected chi connectivity index (χ1v) is 6.84. The smallest absolute Gasteiger partial charge is 0.338 e. The average Bonchev–Trinajstić information content (AvgIpc) is 3.18. The fourth-order valence-electron chi connectivity index (χ4n) is 1.71. The summed E-state index contributed by atoms with van der Waals surface area (Å²) < 4.78 is 7.08. The molecule has 0 saturated carbocycles. The Morgan fingerprint density at radius 3 is 2.75 bits per heavy atom. The summed E-state index contributed by atoms with van der Waals surface area (Å²) in [5.74, 6) is -0.337. The van der Waals surface area contributed by atoms with Crippen LogP contribution in [-0.4, -0.2) is 20.5 Å². The van der Waals surface area contributed by atoms with Crippen LogP contribution >= 0.6 is 11.3 Å². The molecule has 0 atom stereocenters. The van der Waals surface area contributed by atoms with Gasteiger partial charge >= 0.3 is 5.97 Å². The summed E-state index contributed by atoms with van der Waals surface area (Å²) in [6.45, 7) is 0.257. The third-order valence-corrected chi connectivity index (χ3v) is 3.49. The van der Waals surface area contributed by atoms with E-state index in [4.69, 9.17) is 4.74 Å². The van der Waals surface area contributed by atoms with Gasteiger partial charge in [0.1, 0.15) is 6.61 Å². The Bertz CT molecular complexity index is 676. The van der Waals surface area contributed by atoms with E-state index in [1.165, 1.54) is 11.3 Å². The number of aromatic nitrogens is 3. The highest BCUT2D eigenvalue weighted by Crippen LogP contribution is 2.12. The molecule has 2 heterocycles. The van der Waals surface area contributed by atoms with Gasteiger partial charge in [-0.3, -0.25) is 4.98 Å². The first-order chi connectivity index (χ1) is 9.83. The number of esters is 1. The predicted octanol–water partition coefficient (Wildman–Crippen LogP) is 2.69. The third-order valence-electron chi connectivity index (χ3n) is 2.73. The highest BCUT2D eigenvalue weighted by Gasteiger charge is 2.08. The minimum absolute atomic E-state index is 0.257. The van der Waals surface area contributed by atoms with Crippen LogP contribution in [0.1, 0.15) is 15.2 Å². The zero-order valence-corrected chi connectivity index (χ0v) is 11.3. The van der Waals surface area contributed by atoms with Crippen LogP contribution in [0.15, 0.2) is 54.7 Å². The number of hydrogen-bond acceptors (Lipinski definition) is 5. The second kappa shape index (κ2) is 5.66. The molecule has 0 saturated heterocycles. The molecule has 0 spiro atoms. The average molecular weight is 285 g/mol. The molecule has 1 aromatic carbocycles. The lowest BCUT2D eigenvalue weighted by molar-refractivity contribution is 0.0476. The van der Waals surface area contributed by atoms with Gasteiger partial charge in [0, 0.05) is 24.3 Å². The number of hydrogen-bond donors (Lipinski definition) is 0. The molecule has 0 bridgehead atoms. The number of imidazole rings is 1. The van der Waals surface area contributed by atoms with Crippen molar-refractivity contribution in [3.05, 3.63) is 65.1 Å². The van der Waals surface area contributed by atoms with Crippen molar-refractivity contribution >= 4 is 17.3 Å². The van der Waals surface area contributed by atoms with E-state index < -0.39 is 0 Å². The topological polar surface area (TPSA) is 57.0 Å². The molecule has 0 aliphatic heterocycles. The van der Waals surface area contributed by atoms with Gasteiger partial charge < -0.3 is 9.30 Å². The van der Waals surface area contributed by atoms with Crippen molar-refractivity contribution < 1.29 is 9.53 Å². The van der Waals surface area contributed by atoms with Crippen molar-refractivity contribution in [3.63, 3.8) is 0 Å². The highest BCUT2D eigenvalue weighted by atomic mass is 32.1. The number of benzene rings is 1. The van der Waals surface area contributed by atoms with Crippen molar-refractivity contribution in [2.45, 2.75) is 6.61 Å². The van der Waals surface area contributed by atoms with Crippen LogP contribution in [0.4, 0.5) is 0 Å². The number of carbonyl (C=O) groups is 1. The fraction of sp³-hybridized carbons (Fsp3) is 0.0714. The van der Waals surface area contributed by atoms with E-state index in [0.717, 1.165) is 10.6 Å². The molecule has 0 aliphatic carbocycles. The zero-order chi connectivity index (χ0) is 13.8. The minimum atomic E-state index is -0.337. The summed E-state index contributed by atoms with van der Waals surface area (Å²) in [6.07, 6.45) is 6.95. The first kappa shape index (κ1) is 12.6. The second-order valence-corrected chi connectivity index (χ2v) is 5.03. The molecule has 3 rings (SSSR count). The van der Waals surface area contributed by atoms with Crippen molar-refractivity contribution in [1.29, 1.82) is 0 Å². The van der Waals surface area contributed by atoms with Gasteiger partial charge in [-0.25, -0.2) is 9.78 Å². The quantitative estimate of drug-likeness (QED) is 0.692. The van der Waals surface area contributed by atoms with Crippen molar-refractivity contribution in [2.75, 3.05) is 0 Å². The summed E-state index contributed by atoms with van der Waals surface area (Å²) in [6, 6.07) is 7.19. The van der Waals surface area contributed by atoms with Gasteiger partial charge in [0.2, 0.25) is 0 Å². The monoisotopic (exact) mass is 285 g/mol. The molecule has 2 aromatic heterocycles. The Morgan fingerprint density at radius 2 is 2.10 bits per heavy atom. The van der Waals surface area contributed by atoms with Gasteiger partial charge in [-0.15, -0.1) is 11.3 Å². The zero-order valence-electron chi connectivity index (χ0n) is 10.5. The molecular formula is C14H11N3O2S. The lowest BCUT2D eigenvalue weighted by atomic mass is 10.2. The lowest BCUT2D eigenvalue weighted by Gasteiger charge is -2.05. The van der Waals surface area contributed by atoms with E-state index in [1.807, 2.05) is 22.9 Å². The van der Waals surface area contributed by atoms with E-state index >= 15 is 0 Å². The van der Waals surface area contributed by atoms with Gasteiger partial charge in [-0.1, -0.05) is 0 Å². The molecule has 0 unspecified atom stereocenters. The Kier molecular flexibility index (Phi) is 3.56. The van der Waals surface area contributed by atoms with Gasteiger partial charge in [-0.05, 0) is 24.3 Å². The molecule has 100 valence electrons. The van der Waals surface area contributed by atoms with E-state index in [2.05, 4.69) is 9.97 Å². The molecule has 20 heavy (non-hydrogen) atoms. The number of thiazole rings is 1. The molecular weight excluding hydrogens is 274 g/mol. The SMILES string of the molecule is O=C(OCc1cncs1)c1ccc(-n2ccnc2)cc1. The minimum Gasteiger partial charge on any atom is -0.456 e. The third kappa shape index (κ3) is 2.75. The van der Waals surface area contributed by atoms with Crippen LogP contribution in [0.25, 0.3) is 5.69 Å². The van der Waals surface area contributed by atoms with Gasteiger partial charge in [0.05, 0.1) is 22.3 Å². The maximum absolute atomic E-state index is 11.9. The summed E-state index contributed by atoms with van der Waals surface area (Å²) >= 11 is 1.46. The Morgan fingerprint density at radius 1 is 1.25 bits per heavy atom. The van der Waals surface area contributed by atoms with Crippen LogP contribution in [0.2, 0.25) is 0 Å². The summed E-state index contributed by atoms with van der Waals surface area (Å²) in [5.41, 5.74) is 3.18. The predicted molar refractivity (Wildman–Crippen MR) is 74.8 cm³/mol. The fourth-order valence-corrected chi connectivity index (χ4v) is 2.22. The van der Waals surface area contributed by atoms with E-state index in [0.29, 0.717) is 5.56 Å². The second-order valence-electron chi connectivity index (χ2n) is 4.06. The van der Waals surface area contributed by atoms with Crippen LogP contribution in [0.5, 0.6) is 0 Å². The molecule has 6 heteroatoms. The summed E-state index contributed by atoms with van der Waals surface area (Å²) in [4.78, 5) is 20.7. The number of rotatable bonds is 4. The normalized spacial score (nSPS) is 10.4. The molecule has 3 aromatic rings. The van der Waals surface area contributed by atoms with Crippen LogP contribution < -0.4 is 0 Å². The van der Waals surface area contributed by atoms with Crippen LogP contribution in [-0.2, 0) is 11.3 Å². The van der Waals surface area contributed by atoms with Crippen LogP contribution in [0.3, 0.4) is 0 Å². The maximum atomic E-state index is 11.9. The maximum Gasteiger partial charge on any atom is 0.338 e. The van der Waals surface area contributed by atoms with Crippen LogP contribution in [0, 0.1) is 0 Å². The van der Waals surface area contributed by atoms with Gasteiger partial charge in [0.15, 0.2) is 0 Å². The lowest BCUT2D eigenvalue weighted by Crippen LogP contribution is -2.04.